The summed E-state index contributed by atoms with van der Waals surface area (Å²) in [4.78, 5) is 29.1. The van der Waals surface area contributed by atoms with E-state index in [-0.39, 0.29) is 11.5 Å². The minimum absolute atomic E-state index is 0.0760. The summed E-state index contributed by atoms with van der Waals surface area (Å²) in [5.74, 6) is -0.0760. The van der Waals surface area contributed by atoms with Crippen LogP contribution in [-0.4, -0.2) is 42.0 Å². The summed E-state index contributed by atoms with van der Waals surface area (Å²) in [6.07, 6.45) is 0.927. The molecule has 1 fully saturated rings. The van der Waals surface area contributed by atoms with Crippen LogP contribution >= 0.6 is 15.9 Å². The van der Waals surface area contributed by atoms with E-state index in [2.05, 4.69) is 26.2 Å². The van der Waals surface area contributed by atoms with E-state index in [0.717, 1.165) is 29.4 Å². The molecule has 0 radical (unpaired) electrons. The van der Waals surface area contributed by atoms with Gasteiger partial charge in [-0.1, -0.05) is 15.9 Å². The third-order valence-corrected chi connectivity index (χ3v) is 4.16. The molecule has 5 nitrogen and oxygen atoms in total. The fourth-order valence-electron chi connectivity index (χ4n) is 2.62. The van der Waals surface area contributed by atoms with Gasteiger partial charge in [0.15, 0.2) is 0 Å². The van der Waals surface area contributed by atoms with Gasteiger partial charge >= 0.3 is 0 Å². The Labute approximate surface area is 130 Å². The lowest BCUT2D eigenvalue weighted by Crippen LogP contribution is -2.34. The molecule has 2 heterocycles. The maximum absolute atomic E-state index is 12.8. The Morgan fingerprint density at radius 3 is 2.90 bits per heavy atom. The molecule has 0 bridgehead atoms. The van der Waals surface area contributed by atoms with Crippen LogP contribution in [0.1, 0.15) is 16.8 Å². The number of amides is 1. The van der Waals surface area contributed by atoms with Gasteiger partial charge in [-0.25, -0.2) is 0 Å². The molecule has 1 aromatic heterocycles. The first kappa shape index (κ1) is 14.3. The van der Waals surface area contributed by atoms with Crippen molar-refractivity contribution < 1.29 is 4.79 Å². The fourth-order valence-corrected chi connectivity index (χ4v) is 2.98. The number of aromatic nitrogens is 1. The second-order valence-corrected chi connectivity index (χ2v) is 6.05. The van der Waals surface area contributed by atoms with E-state index in [1.807, 2.05) is 23.1 Å². The molecule has 0 spiro atoms. The first-order chi connectivity index (χ1) is 10.1. The van der Waals surface area contributed by atoms with Gasteiger partial charge in [-0.2, -0.15) is 0 Å². The number of carbonyl (C=O) groups is 1. The monoisotopic (exact) mass is 349 g/mol. The second-order valence-electron chi connectivity index (χ2n) is 5.13. The number of aromatic amines is 1. The van der Waals surface area contributed by atoms with E-state index in [0.29, 0.717) is 24.2 Å². The molecule has 1 aliphatic heterocycles. The van der Waals surface area contributed by atoms with Crippen molar-refractivity contribution in [2.24, 2.45) is 0 Å². The quantitative estimate of drug-likeness (QED) is 0.823. The minimum atomic E-state index is -0.249. The summed E-state index contributed by atoms with van der Waals surface area (Å²) < 4.78 is 0.883. The molecule has 0 unspecified atom stereocenters. The van der Waals surface area contributed by atoms with Crippen LogP contribution < -0.4 is 10.9 Å². The highest BCUT2D eigenvalue weighted by molar-refractivity contribution is 9.10. The van der Waals surface area contributed by atoms with Gasteiger partial charge in [-0.15, -0.1) is 0 Å². The SMILES string of the molecule is O=C(c1cc(=O)[nH]c2ccc(Br)cc12)N1CCCNCC1. The van der Waals surface area contributed by atoms with Gasteiger partial charge in [0.2, 0.25) is 5.56 Å². The number of hydrogen-bond donors (Lipinski definition) is 2. The Morgan fingerprint density at radius 2 is 2.05 bits per heavy atom. The summed E-state index contributed by atoms with van der Waals surface area (Å²) in [5.41, 5.74) is 0.903. The highest BCUT2D eigenvalue weighted by atomic mass is 79.9. The van der Waals surface area contributed by atoms with E-state index >= 15 is 0 Å². The molecule has 1 saturated heterocycles. The molecule has 0 saturated carbocycles. The zero-order valence-electron chi connectivity index (χ0n) is 11.5. The number of fused-ring (bicyclic) bond motifs is 1. The van der Waals surface area contributed by atoms with Gasteiger partial charge in [0.05, 0.1) is 5.56 Å². The van der Waals surface area contributed by atoms with Crippen LogP contribution in [0, 0.1) is 0 Å². The van der Waals surface area contributed by atoms with E-state index in [4.69, 9.17) is 0 Å². The first-order valence-electron chi connectivity index (χ1n) is 6.98. The van der Waals surface area contributed by atoms with E-state index in [9.17, 15) is 9.59 Å². The van der Waals surface area contributed by atoms with Gasteiger partial charge in [0, 0.05) is 41.1 Å². The molecule has 2 aromatic rings. The fraction of sp³-hybridized carbons (Fsp3) is 0.333. The predicted octanol–water partition coefficient (Wildman–Crippen LogP) is 1.73. The van der Waals surface area contributed by atoms with Crippen molar-refractivity contribution in [3.8, 4) is 0 Å². The molecule has 3 rings (SSSR count). The molecular formula is C15H16BrN3O2. The minimum Gasteiger partial charge on any atom is -0.337 e. The van der Waals surface area contributed by atoms with Crippen LogP contribution in [0.2, 0.25) is 0 Å². The van der Waals surface area contributed by atoms with Gasteiger partial charge in [-0.3, -0.25) is 9.59 Å². The van der Waals surface area contributed by atoms with Crippen molar-refractivity contribution in [2.45, 2.75) is 6.42 Å². The number of nitrogens with zero attached hydrogens (tertiary/aromatic N) is 1. The van der Waals surface area contributed by atoms with Crippen LogP contribution in [-0.2, 0) is 0 Å². The summed E-state index contributed by atoms with van der Waals surface area (Å²) in [6, 6.07) is 6.92. The smallest absolute Gasteiger partial charge is 0.254 e. The normalized spacial score (nSPS) is 16.0. The number of hydrogen-bond acceptors (Lipinski definition) is 3. The van der Waals surface area contributed by atoms with Crippen molar-refractivity contribution >= 4 is 32.7 Å². The molecule has 6 heteroatoms. The molecule has 110 valence electrons. The Morgan fingerprint density at radius 1 is 1.19 bits per heavy atom. The van der Waals surface area contributed by atoms with Gasteiger partial charge in [-0.05, 0) is 31.2 Å². The molecule has 0 aliphatic carbocycles. The lowest BCUT2D eigenvalue weighted by Gasteiger charge is -2.20. The number of halogens is 1. The highest BCUT2D eigenvalue weighted by Crippen LogP contribution is 2.21. The first-order valence-corrected chi connectivity index (χ1v) is 7.77. The maximum atomic E-state index is 12.8. The molecular weight excluding hydrogens is 334 g/mol. The lowest BCUT2D eigenvalue weighted by atomic mass is 10.1. The third kappa shape index (κ3) is 3.01. The number of rotatable bonds is 1. The molecule has 1 amide bonds. The summed E-state index contributed by atoms with van der Waals surface area (Å²) in [6.45, 7) is 3.09. The molecule has 1 aliphatic rings. The summed E-state index contributed by atoms with van der Waals surface area (Å²) in [7, 11) is 0. The van der Waals surface area contributed by atoms with Crippen LogP contribution in [0.3, 0.4) is 0 Å². The number of pyridine rings is 1. The van der Waals surface area contributed by atoms with Crippen LogP contribution in [0.25, 0.3) is 10.9 Å². The number of benzene rings is 1. The van der Waals surface area contributed by atoms with Crippen molar-refractivity contribution in [2.75, 3.05) is 26.2 Å². The zero-order valence-corrected chi connectivity index (χ0v) is 13.1. The van der Waals surface area contributed by atoms with Crippen molar-refractivity contribution in [3.63, 3.8) is 0 Å². The molecule has 21 heavy (non-hydrogen) atoms. The van der Waals surface area contributed by atoms with E-state index < -0.39 is 0 Å². The third-order valence-electron chi connectivity index (χ3n) is 3.66. The van der Waals surface area contributed by atoms with Gasteiger partial charge in [0.25, 0.3) is 5.91 Å². The second kappa shape index (κ2) is 5.99. The van der Waals surface area contributed by atoms with Crippen LogP contribution in [0.15, 0.2) is 33.5 Å². The van der Waals surface area contributed by atoms with Crippen LogP contribution in [0.4, 0.5) is 0 Å². The van der Waals surface area contributed by atoms with Crippen LogP contribution in [0.5, 0.6) is 0 Å². The molecule has 2 N–H and O–H groups in total. The highest BCUT2D eigenvalue weighted by Gasteiger charge is 2.20. The average Bonchev–Trinajstić information content (AvgIpc) is 2.75. The molecule has 0 atom stereocenters. The topological polar surface area (TPSA) is 65.2 Å². The largest absolute Gasteiger partial charge is 0.337 e. The van der Waals surface area contributed by atoms with E-state index in [1.54, 1.807) is 0 Å². The van der Waals surface area contributed by atoms with Gasteiger partial charge in [0.1, 0.15) is 0 Å². The molecule has 1 aromatic carbocycles. The van der Waals surface area contributed by atoms with Crippen molar-refractivity contribution in [1.82, 2.24) is 15.2 Å². The predicted molar refractivity (Wildman–Crippen MR) is 85.7 cm³/mol. The van der Waals surface area contributed by atoms with E-state index in [1.165, 1.54) is 6.07 Å². The van der Waals surface area contributed by atoms with Crippen molar-refractivity contribution in [3.05, 3.63) is 44.7 Å². The Kier molecular flexibility index (Phi) is 4.07. The number of nitrogens with one attached hydrogen (secondary N) is 2. The maximum Gasteiger partial charge on any atom is 0.254 e. The standard InChI is InChI=1S/C15H16BrN3O2/c16-10-2-3-13-11(8-10)12(9-14(20)18-13)15(21)19-6-1-4-17-5-7-19/h2-3,8-9,17H,1,4-7H2,(H,18,20). The number of carbonyl (C=O) groups excluding carboxylic acids is 1. The average molecular weight is 350 g/mol. The Balaban J connectivity index is 2.07. The summed E-state index contributed by atoms with van der Waals surface area (Å²) >= 11 is 3.42. The summed E-state index contributed by atoms with van der Waals surface area (Å²) in [5, 5.41) is 4.04. The Bertz CT molecular complexity index is 733. The number of H-pyrrole nitrogens is 1. The Hall–Kier alpha value is -1.66. The van der Waals surface area contributed by atoms with Gasteiger partial charge < -0.3 is 15.2 Å². The lowest BCUT2D eigenvalue weighted by molar-refractivity contribution is 0.0768. The van der Waals surface area contributed by atoms with Crippen molar-refractivity contribution in [1.29, 1.82) is 0 Å². The zero-order chi connectivity index (χ0) is 14.8.